The molecule has 4 aromatic heterocycles. The standard InChI is InChI=1S/2C26H26O11.2C24H24O10/c1-11-8-19(25(35-13(3)28)22(33)23(11)34-12(2)27)37-26-21(32)20-17(31)9-16(30)10-18(20)36-24(26)14-4-6-15(29)7-5-14;1-11-8-19(21(32)25(35-13(3)28)23(11)34-12(2)27)37-26-22(33)20-17(31)9-16(30)10-18(20)36-24(26)14-4-6-15(29)7-5-14;2*1-10-7-17(19(29)21(31)22(10)32-11(2)25)34-24-20(30)18-15(28)8-14(27)9-16(18)33-23(24)12-3-5-13(26)6-4-12/h4-7,9-11,19,22-23,25,29-31,33H,8H2,1-3H3;4-7,9-11,19,21,23,25,29-32H,8H2,1-3H3;2*3-6,8-10,17,19,21-22,26-29,31H,7H2,1-2H3/t11-,19-,22-,23+,25+;11-,19-,21+,23+,25+;2*10-,17-,19+,21+,22+/m0010/s1. The predicted molar refractivity (Wildman–Crippen MR) is 494 cm³/mol. The lowest BCUT2D eigenvalue weighted by molar-refractivity contribution is -0.199. The number of phenolic OH excluding ortho intramolecular Hbond substituents is 12. The van der Waals surface area contributed by atoms with Crippen molar-refractivity contribution in [2.45, 2.75) is 193 Å². The number of aliphatic hydroxyl groups is 6. The molecule has 0 spiro atoms. The summed E-state index contributed by atoms with van der Waals surface area (Å²) in [6.45, 7) is 13.9. The zero-order valence-electron chi connectivity index (χ0n) is 77.1. The van der Waals surface area contributed by atoms with Gasteiger partial charge in [-0.15, -0.1) is 0 Å². The normalized spacial score (nSPS) is 24.0. The topological polar surface area (TPSA) is 680 Å². The number of ether oxygens (including phenoxy) is 10. The molecule has 0 radical (unpaired) electrons. The molecule has 4 heterocycles. The number of carbonyl (C=O) groups is 6. The van der Waals surface area contributed by atoms with Gasteiger partial charge in [-0.3, -0.25) is 47.9 Å². The van der Waals surface area contributed by atoms with Gasteiger partial charge in [-0.25, -0.2) is 0 Å². The first kappa shape index (κ1) is 103. The van der Waals surface area contributed by atoms with Gasteiger partial charge in [0.1, 0.15) is 198 Å². The summed E-state index contributed by atoms with van der Waals surface area (Å²) in [5, 5.41) is 183. The third-order valence-corrected chi connectivity index (χ3v) is 24.0. The SMILES string of the molecule is CC(=O)O[C@@H]1[C@@H](O)[C@@H](O)[C@H](Oc2c(-c3ccc(O)cc3)oc3cc(O)cc(O)c3c2=O)C[C@H]1C.CC(=O)O[C@@H]1[C@H](O)[C@@H](Oc2c(-c3ccc(O)cc3)oc3cc(O)cc(O)c3c2=O)C[C@H](C)[C@H]1OC(C)=O.CC(=O)O[C@H]1[C@@H](O)[C@H](OC(C)=O)[C@@H](C)C[C@@H]1Oc1c(-c2ccc(O)cc2)oc2cc(O)cc(O)c2c1=O.CC(=O)O[C@H]1[C@H](O)[C@H](O)[C@@H](Oc2c(-c3ccc(O)cc3)oc3cc(O)cc(O)c3c2=O)C[C@@H]1C. The Hall–Kier alpha value is -16.0. The molecule has 18 N–H and O–H groups in total. The number of esters is 6. The van der Waals surface area contributed by atoms with Crippen LogP contribution in [0.2, 0.25) is 0 Å². The smallest absolute Gasteiger partial charge is 0.303 e. The number of hydrogen-bond donors (Lipinski definition) is 18. The third kappa shape index (κ3) is 22.6. The van der Waals surface area contributed by atoms with Crippen LogP contribution in [0, 0.1) is 23.7 Å². The van der Waals surface area contributed by atoms with Crippen LogP contribution < -0.4 is 40.7 Å². The van der Waals surface area contributed by atoms with Crippen molar-refractivity contribution in [1.29, 1.82) is 0 Å². The maximum atomic E-state index is 13.6. The van der Waals surface area contributed by atoms with E-state index in [-0.39, 0.29) is 162 Å². The Balaban J connectivity index is 0.000000159. The summed E-state index contributed by atoms with van der Waals surface area (Å²) in [7, 11) is 0. The van der Waals surface area contributed by atoms with Crippen molar-refractivity contribution >= 4 is 79.7 Å². The Labute approximate surface area is 801 Å². The summed E-state index contributed by atoms with van der Waals surface area (Å²) < 4.78 is 78.7. The van der Waals surface area contributed by atoms with Crippen LogP contribution in [0.3, 0.4) is 0 Å². The first-order valence-corrected chi connectivity index (χ1v) is 44.1. The molecule has 42 heteroatoms. The zero-order valence-corrected chi connectivity index (χ0v) is 77.1. The molecule has 0 bridgehead atoms. The lowest BCUT2D eigenvalue weighted by atomic mass is 9.81. The molecule has 42 nitrogen and oxygen atoms in total. The second-order valence-corrected chi connectivity index (χ2v) is 34.8. The number of rotatable bonds is 18. The summed E-state index contributed by atoms with van der Waals surface area (Å²) in [4.78, 5) is 123. The summed E-state index contributed by atoms with van der Waals surface area (Å²) in [6, 6.07) is 31.2. The fourth-order valence-corrected chi connectivity index (χ4v) is 17.5. The fraction of sp³-hybridized carbons (Fsp3) is 0.340. The van der Waals surface area contributed by atoms with Crippen molar-refractivity contribution in [2.75, 3.05) is 0 Å². The lowest BCUT2D eigenvalue weighted by Crippen LogP contribution is -2.57. The quantitative estimate of drug-likeness (QED) is 0.0281. The fourth-order valence-electron chi connectivity index (χ4n) is 17.5. The largest absolute Gasteiger partial charge is 0.508 e. The molecule has 0 aliphatic heterocycles. The Morgan fingerprint density at radius 1 is 0.246 bits per heavy atom. The van der Waals surface area contributed by atoms with E-state index < -0.39 is 202 Å². The van der Waals surface area contributed by atoms with Gasteiger partial charge in [0, 0.05) is 118 Å². The van der Waals surface area contributed by atoms with E-state index in [0.717, 1.165) is 62.4 Å². The molecule has 20 atom stereocenters. The predicted octanol–water partition coefficient (Wildman–Crippen LogP) is 9.21. The van der Waals surface area contributed by atoms with E-state index in [2.05, 4.69) is 0 Å². The summed E-state index contributed by atoms with van der Waals surface area (Å²) >= 11 is 0. The summed E-state index contributed by atoms with van der Waals surface area (Å²) in [6.07, 6.45) is -19.2. The van der Waals surface area contributed by atoms with Crippen LogP contribution in [-0.2, 0) is 57.2 Å². The Morgan fingerprint density at radius 3 is 0.704 bits per heavy atom. The van der Waals surface area contributed by atoms with E-state index in [1.54, 1.807) is 27.7 Å². The van der Waals surface area contributed by atoms with E-state index in [4.69, 9.17) is 65.0 Å². The molecule has 4 aliphatic rings. The monoisotopic (exact) mass is 1970 g/mol. The third-order valence-electron chi connectivity index (χ3n) is 24.0. The van der Waals surface area contributed by atoms with Gasteiger partial charge in [0.15, 0.2) is 35.2 Å². The van der Waals surface area contributed by atoms with Crippen molar-refractivity contribution < 1.29 is 186 Å². The molecule has 142 heavy (non-hydrogen) atoms. The van der Waals surface area contributed by atoms with E-state index in [0.29, 0.717) is 22.3 Å². The molecule has 752 valence electrons. The molecule has 4 aliphatic carbocycles. The molecular formula is C100H100O42. The van der Waals surface area contributed by atoms with Crippen LogP contribution >= 0.6 is 0 Å². The van der Waals surface area contributed by atoms with Gasteiger partial charge in [0.25, 0.3) is 0 Å². The maximum absolute atomic E-state index is 13.6. The van der Waals surface area contributed by atoms with Gasteiger partial charge in [-0.1, -0.05) is 27.7 Å². The summed E-state index contributed by atoms with van der Waals surface area (Å²) in [5.74, 6) is -11.0. The lowest BCUT2D eigenvalue weighted by Gasteiger charge is -2.42. The molecule has 0 amide bonds. The van der Waals surface area contributed by atoms with Crippen LogP contribution in [0.15, 0.2) is 182 Å². The van der Waals surface area contributed by atoms with Crippen LogP contribution in [-0.4, -0.2) is 225 Å². The number of phenols is 12. The van der Waals surface area contributed by atoms with Crippen molar-refractivity contribution in [3.8, 4) is 137 Å². The minimum absolute atomic E-state index is 0.0270. The molecule has 0 saturated heterocycles. The van der Waals surface area contributed by atoms with Crippen molar-refractivity contribution in [3.63, 3.8) is 0 Å². The maximum Gasteiger partial charge on any atom is 0.303 e. The van der Waals surface area contributed by atoms with Crippen LogP contribution in [0.5, 0.6) is 92.0 Å². The van der Waals surface area contributed by atoms with Crippen LogP contribution in [0.1, 0.15) is 94.9 Å². The first-order valence-electron chi connectivity index (χ1n) is 44.1. The molecule has 4 saturated carbocycles. The molecule has 4 fully saturated rings. The minimum Gasteiger partial charge on any atom is -0.508 e. The molecule has 8 aromatic carbocycles. The molecule has 0 unspecified atom stereocenters. The van der Waals surface area contributed by atoms with Gasteiger partial charge in [0.05, 0.1) is 0 Å². The Kier molecular flexibility index (Phi) is 31.1. The minimum atomic E-state index is -1.50. The van der Waals surface area contributed by atoms with E-state index in [1.165, 1.54) is 125 Å². The highest BCUT2D eigenvalue weighted by Gasteiger charge is 2.52. The second kappa shape index (κ2) is 42.8. The number of fused-ring (bicyclic) bond motifs is 4. The van der Waals surface area contributed by atoms with Gasteiger partial charge in [-0.2, -0.15) is 0 Å². The van der Waals surface area contributed by atoms with Crippen LogP contribution in [0.4, 0.5) is 0 Å². The van der Waals surface area contributed by atoms with Crippen LogP contribution in [0.25, 0.3) is 89.2 Å². The summed E-state index contributed by atoms with van der Waals surface area (Å²) in [5.41, 5.74) is -2.24. The Bertz CT molecular complexity index is 6800. The number of benzene rings is 8. The highest BCUT2D eigenvalue weighted by atomic mass is 16.6. The van der Waals surface area contributed by atoms with Gasteiger partial charge in [-0.05, 0) is 140 Å². The second-order valence-electron chi connectivity index (χ2n) is 34.8. The Morgan fingerprint density at radius 2 is 0.451 bits per heavy atom. The molecule has 12 aromatic rings. The highest BCUT2D eigenvalue weighted by molar-refractivity contribution is 5.92. The van der Waals surface area contributed by atoms with Crippen molar-refractivity contribution in [3.05, 3.63) is 186 Å². The van der Waals surface area contributed by atoms with Gasteiger partial charge in [0.2, 0.25) is 44.7 Å². The molecule has 16 rings (SSSR count). The van der Waals surface area contributed by atoms with Gasteiger partial charge >= 0.3 is 35.8 Å². The number of aliphatic hydroxyl groups excluding tert-OH is 6. The van der Waals surface area contributed by atoms with Crippen molar-refractivity contribution in [1.82, 2.24) is 0 Å². The van der Waals surface area contributed by atoms with E-state index in [1.807, 2.05) is 0 Å². The number of carbonyl (C=O) groups excluding carboxylic acids is 6. The number of hydrogen-bond acceptors (Lipinski definition) is 42. The van der Waals surface area contributed by atoms with E-state index in [9.17, 15) is 140 Å². The first-order chi connectivity index (χ1) is 67.0. The molecular weight excluding hydrogens is 1870 g/mol. The number of aromatic hydroxyl groups is 12. The zero-order chi connectivity index (χ0) is 103. The average Bonchev–Trinajstić information content (AvgIpc) is 0.763. The van der Waals surface area contributed by atoms with Gasteiger partial charge < -0.3 is 157 Å². The average molecular weight is 1970 g/mol. The highest BCUT2D eigenvalue weighted by Crippen LogP contribution is 2.47. The van der Waals surface area contributed by atoms with E-state index >= 15 is 0 Å². The van der Waals surface area contributed by atoms with Crippen molar-refractivity contribution in [2.24, 2.45) is 23.7 Å².